The summed E-state index contributed by atoms with van der Waals surface area (Å²) in [4.78, 5) is 28.6. The molecule has 21 heavy (non-hydrogen) atoms. The van der Waals surface area contributed by atoms with Crippen LogP contribution in [0.5, 0.6) is 5.75 Å². The molecule has 1 heterocycles. The van der Waals surface area contributed by atoms with Gasteiger partial charge >= 0.3 is 5.97 Å². The molecule has 3 rings (SSSR count). The van der Waals surface area contributed by atoms with Crippen molar-refractivity contribution >= 4 is 44.6 Å². The van der Waals surface area contributed by atoms with Crippen molar-refractivity contribution in [2.45, 2.75) is 13.8 Å². The number of thiazole rings is 1. The Morgan fingerprint density at radius 2 is 2.10 bits per heavy atom. The van der Waals surface area contributed by atoms with Gasteiger partial charge in [0.25, 0.3) is 0 Å². The Bertz CT molecular complexity index is 807. The van der Waals surface area contributed by atoms with Crippen molar-refractivity contribution in [2.24, 2.45) is 0 Å². The molecule has 2 aromatic rings. The van der Waals surface area contributed by atoms with E-state index in [1.807, 2.05) is 6.92 Å². The molecule has 1 aromatic heterocycles. The Morgan fingerprint density at radius 3 is 2.71 bits per heavy atom. The number of hydrogen-bond donors (Lipinski definition) is 0. The van der Waals surface area contributed by atoms with Crippen molar-refractivity contribution in [2.75, 3.05) is 0 Å². The molecule has 0 aliphatic heterocycles. The van der Waals surface area contributed by atoms with E-state index in [1.54, 1.807) is 23.7 Å². The zero-order valence-electron chi connectivity index (χ0n) is 11.3. The lowest BCUT2D eigenvalue weighted by atomic mass is 10.0. The number of halogens is 1. The van der Waals surface area contributed by atoms with Crippen LogP contribution in [0.15, 0.2) is 28.2 Å². The standard InChI is InChI=1S/C15H10BrNO3S/c1-7-15(21-6-17-7)12-10-4-3-9(20-8(2)18)5-11(10)14(19)13(12)16/h3-6H,1-2H3. The Hall–Kier alpha value is -1.79. The first-order valence-electron chi connectivity index (χ1n) is 6.17. The third kappa shape index (κ3) is 2.34. The van der Waals surface area contributed by atoms with Crippen LogP contribution in [0.1, 0.15) is 33.4 Å². The lowest BCUT2D eigenvalue weighted by Gasteiger charge is -2.06. The van der Waals surface area contributed by atoms with Crippen molar-refractivity contribution < 1.29 is 14.3 Å². The largest absolute Gasteiger partial charge is 0.427 e. The molecule has 0 bridgehead atoms. The lowest BCUT2D eigenvalue weighted by molar-refractivity contribution is -0.131. The first-order valence-corrected chi connectivity index (χ1v) is 7.84. The highest BCUT2D eigenvalue weighted by Crippen LogP contribution is 2.43. The van der Waals surface area contributed by atoms with E-state index in [2.05, 4.69) is 20.9 Å². The number of carbonyl (C=O) groups excluding carboxylic acids is 2. The highest BCUT2D eigenvalue weighted by atomic mass is 79.9. The molecule has 0 unspecified atom stereocenters. The fourth-order valence-electron chi connectivity index (χ4n) is 2.27. The molecule has 0 radical (unpaired) electrons. The summed E-state index contributed by atoms with van der Waals surface area (Å²) in [5, 5.41) is 0. The zero-order chi connectivity index (χ0) is 15.1. The van der Waals surface area contributed by atoms with Gasteiger partial charge in [-0.2, -0.15) is 0 Å². The van der Waals surface area contributed by atoms with E-state index in [9.17, 15) is 9.59 Å². The van der Waals surface area contributed by atoms with Crippen LogP contribution >= 0.6 is 27.3 Å². The van der Waals surface area contributed by atoms with Crippen molar-refractivity contribution in [1.82, 2.24) is 4.98 Å². The number of esters is 1. The van der Waals surface area contributed by atoms with Crippen molar-refractivity contribution in [3.05, 3.63) is 49.9 Å². The molecule has 0 saturated carbocycles. The minimum atomic E-state index is -0.411. The van der Waals surface area contributed by atoms with E-state index >= 15 is 0 Å². The number of ether oxygens (including phenoxy) is 1. The second-order valence-corrected chi connectivity index (χ2v) is 6.23. The number of aromatic nitrogens is 1. The quantitative estimate of drug-likeness (QED) is 0.602. The molecule has 0 saturated heterocycles. The lowest BCUT2D eigenvalue weighted by Crippen LogP contribution is -2.03. The summed E-state index contributed by atoms with van der Waals surface area (Å²) in [5.74, 6) is -0.148. The summed E-state index contributed by atoms with van der Waals surface area (Å²) >= 11 is 4.88. The van der Waals surface area contributed by atoms with E-state index in [1.165, 1.54) is 18.3 Å². The molecule has 0 N–H and O–H groups in total. The highest BCUT2D eigenvalue weighted by Gasteiger charge is 2.31. The van der Waals surface area contributed by atoms with Crippen LogP contribution in [-0.2, 0) is 4.79 Å². The van der Waals surface area contributed by atoms with Gasteiger partial charge in [-0.15, -0.1) is 11.3 Å². The number of aryl methyl sites for hydroxylation is 1. The van der Waals surface area contributed by atoms with Crippen molar-refractivity contribution in [1.29, 1.82) is 0 Å². The van der Waals surface area contributed by atoms with Gasteiger partial charge in [0.1, 0.15) is 5.75 Å². The van der Waals surface area contributed by atoms with Gasteiger partial charge in [-0.3, -0.25) is 9.59 Å². The molecule has 0 fully saturated rings. The first kappa shape index (κ1) is 14.2. The van der Waals surface area contributed by atoms with Crippen LogP contribution in [-0.4, -0.2) is 16.7 Å². The van der Waals surface area contributed by atoms with Gasteiger partial charge in [0.2, 0.25) is 5.78 Å². The van der Waals surface area contributed by atoms with Gasteiger partial charge in [-0.05, 0) is 46.6 Å². The summed E-state index contributed by atoms with van der Waals surface area (Å²) in [6.45, 7) is 3.24. The molecule has 4 nitrogen and oxygen atoms in total. The van der Waals surface area contributed by atoms with Gasteiger partial charge in [-0.1, -0.05) is 0 Å². The average molecular weight is 364 g/mol. The van der Waals surface area contributed by atoms with Crippen LogP contribution in [0.4, 0.5) is 0 Å². The SMILES string of the molecule is CC(=O)Oc1ccc2c(c1)C(=O)C(Br)=C2c1scnc1C. The van der Waals surface area contributed by atoms with E-state index in [0.29, 0.717) is 15.8 Å². The Balaban J connectivity index is 2.13. The van der Waals surface area contributed by atoms with Crippen LogP contribution < -0.4 is 4.74 Å². The summed E-state index contributed by atoms with van der Waals surface area (Å²) in [7, 11) is 0. The number of Topliss-reactive ketones (excluding diaryl/α,β-unsaturated/α-hetero) is 1. The van der Waals surface area contributed by atoms with E-state index in [4.69, 9.17) is 4.74 Å². The Kier molecular flexibility index (Phi) is 3.51. The number of allylic oxidation sites excluding steroid dienone is 1. The number of benzene rings is 1. The normalized spacial score (nSPS) is 13.6. The second kappa shape index (κ2) is 5.20. The molecule has 106 valence electrons. The Morgan fingerprint density at radius 1 is 1.33 bits per heavy atom. The van der Waals surface area contributed by atoms with Crippen molar-refractivity contribution in [3.63, 3.8) is 0 Å². The molecule has 0 atom stereocenters. The fraction of sp³-hybridized carbons (Fsp3) is 0.133. The molecule has 1 aliphatic rings. The number of ketones is 1. The van der Waals surface area contributed by atoms with E-state index in [-0.39, 0.29) is 5.78 Å². The number of nitrogens with zero attached hydrogens (tertiary/aromatic N) is 1. The molecule has 6 heteroatoms. The number of fused-ring (bicyclic) bond motifs is 1. The summed E-state index contributed by atoms with van der Waals surface area (Å²) in [6.07, 6.45) is 0. The zero-order valence-corrected chi connectivity index (χ0v) is 13.7. The number of carbonyl (C=O) groups is 2. The molecule has 0 amide bonds. The third-order valence-corrected chi connectivity index (χ3v) is 4.86. The van der Waals surface area contributed by atoms with Gasteiger partial charge in [-0.25, -0.2) is 4.98 Å². The maximum absolute atomic E-state index is 12.4. The predicted molar refractivity (Wildman–Crippen MR) is 83.9 cm³/mol. The first-order chi connectivity index (χ1) is 9.99. The van der Waals surface area contributed by atoms with Crippen molar-refractivity contribution in [3.8, 4) is 5.75 Å². The molecular formula is C15H10BrNO3S. The van der Waals surface area contributed by atoms with Crippen LogP contribution in [0.2, 0.25) is 0 Å². The number of hydrogen-bond acceptors (Lipinski definition) is 5. The summed E-state index contributed by atoms with van der Waals surface area (Å²) < 4.78 is 5.56. The Labute approximate surface area is 133 Å². The topological polar surface area (TPSA) is 56.3 Å². The smallest absolute Gasteiger partial charge is 0.308 e. The molecule has 1 aliphatic carbocycles. The second-order valence-electron chi connectivity index (χ2n) is 4.59. The van der Waals surface area contributed by atoms with Crippen LogP contribution in [0.3, 0.4) is 0 Å². The maximum Gasteiger partial charge on any atom is 0.308 e. The highest BCUT2D eigenvalue weighted by molar-refractivity contribution is 9.12. The van der Waals surface area contributed by atoms with Crippen LogP contribution in [0, 0.1) is 6.92 Å². The summed E-state index contributed by atoms with van der Waals surface area (Å²) in [5.41, 5.74) is 4.85. The maximum atomic E-state index is 12.4. The van der Waals surface area contributed by atoms with E-state index in [0.717, 1.165) is 21.7 Å². The predicted octanol–water partition coefficient (Wildman–Crippen LogP) is 3.73. The molecule has 0 spiro atoms. The molecular weight excluding hydrogens is 354 g/mol. The minimum absolute atomic E-state index is 0.109. The van der Waals surface area contributed by atoms with Gasteiger partial charge in [0.05, 0.1) is 20.6 Å². The minimum Gasteiger partial charge on any atom is -0.427 e. The molecule has 1 aromatic carbocycles. The van der Waals surface area contributed by atoms with Gasteiger partial charge in [0, 0.05) is 18.1 Å². The third-order valence-electron chi connectivity index (χ3n) is 3.16. The summed E-state index contributed by atoms with van der Waals surface area (Å²) in [6, 6.07) is 5.09. The monoisotopic (exact) mass is 363 g/mol. The average Bonchev–Trinajstić information content (AvgIpc) is 2.94. The fourth-order valence-corrected chi connectivity index (χ4v) is 3.90. The van der Waals surface area contributed by atoms with Gasteiger partial charge in [0.15, 0.2) is 0 Å². The van der Waals surface area contributed by atoms with E-state index < -0.39 is 5.97 Å². The number of rotatable bonds is 2. The van der Waals surface area contributed by atoms with Gasteiger partial charge < -0.3 is 4.74 Å². The van der Waals surface area contributed by atoms with Crippen LogP contribution in [0.25, 0.3) is 5.57 Å².